The zero-order valence-corrected chi connectivity index (χ0v) is 20.3. The Kier molecular flexibility index (Phi) is 11.0. The van der Waals surface area contributed by atoms with Gasteiger partial charge in [-0.3, -0.25) is 14.4 Å². The molecule has 0 bridgehead atoms. The average molecular weight is 500 g/mol. The molecule has 1 saturated heterocycles. The van der Waals surface area contributed by atoms with E-state index in [1.807, 2.05) is 0 Å². The Morgan fingerprint density at radius 1 is 1.23 bits per heavy atom. The van der Waals surface area contributed by atoms with Crippen LogP contribution < -0.4 is 16.4 Å². The first-order valence-corrected chi connectivity index (χ1v) is 12.0. The van der Waals surface area contributed by atoms with Gasteiger partial charge in [0.05, 0.1) is 6.04 Å². The second-order valence-electron chi connectivity index (χ2n) is 8.81. The van der Waals surface area contributed by atoms with Crippen molar-refractivity contribution >= 4 is 17.7 Å². The summed E-state index contributed by atoms with van der Waals surface area (Å²) in [6, 6.07) is 7.04. The van der Waals surface area contributed by atoms with Crippen LogP contribution in [-0.4, -0.2) is 85.0 Å². The molecule has 1 fully saturated rings. The first-order chi connectivity index (χ1) is 16.6. The second-order valence-corrected chi connectivity index (χ2v) is 8.81. The number of benzene rings is 1. The van der Waals surface area contributed by atoms with Gasteiger partial charge in [0.1, 0.15) is 6.04 Å². The highest BCUT2D eigenvalue weighted by molar-refractivity contribution is 5.90. The summed E-state index contributed by atoms with van der Waals surface area (Å²) < 4.78 is 40.0. The number of hydrogen-bond acceptors (Lipinski definition) is 5. The molecule has 35 heavy (non-hydrogen) atoms. The highest BCUT2D eigenvalue weighted by atomic mass is 19.4. The number of nitrogens with zero attached hydrogens (tertiary/aromatic N) is 2. The summed E-state index contributed by atoms with van der Waals surface area (Å²) >= 11 is 0. The third kappa shape index (κ3) is 8.50. The number of halogens is 3. The van der Waals surface area contributed by atoms with Crippen LogP contribution in [0.3, 0.4) is 0 Å². The number of alkyl halides is 3. The van der Waals surface area contributed by atoms with Crippen molar-refractivity contribution in [2.75, 3.05) is 33.2 Å². The monoisotopic (exact) mass is 499 g/mol. The Balaban J connectivity index is 2.16. The summed E-state index contributed by atoms with van der Waals surface area (Å²) in [6.07, 6.45) is -2.85. The number of nitrogens with two attached hydrogens (primary N) is 1. The molecular formula is C24H36F3N5O3. The fraction of sp³-hybridized carbons (Fsp3) is 0.625. The zero-order chi connectivity index (χ0) is 26.0. The lowest BCUT2D eigenvalue weighted by Crippen LogP contribution is -2.55. The predicted molar refractivity (Wildman–Crippen MR) is 126 cm³/mol. The van der Waals surface area contributed by atoms with Gasteiger partial charge in [0, 0.05) is 25.7 Å². The molecule has 0 saturated carbocycles. The van der Waals surface area contributed by atoms with Crippen molar-refractivity contribution < 1.29 is 27.6 Å². The van der Waals surface area contributed by atoms with Gasteiger partial charge in [-0.1, -0.05) is 30.3 Å². The normalized spacial score (nSPS) is 17.7. The van der Waals surface area contributed by atoms with Crippen LogP contribution in [0.2, 0.25) is 0 Å². The molecule has 0 aromatic heterocycles. The van der Waals surface area contributed by atoms with Crippen molar-refractivity contribution in [2.45, 2.75) is 63.3 Å². The van der Waals surface area contributed by atoms with Crippen LogP contribution in [0.5, 0.6) is 0 Å². The number of likely N-dealkylation sites (tertiary alicyclic amines) is 1. The van der Waals surface area contributed by atoms with Gasteiger partial charge in [-0.05, 0) is 58.2 Å². The molecule has 3 atom stereocenters. The average Bonchev–Trinajstić information content (AvgIpc) is 3.30. The summed E-state index contributed by atoms with van der Waals surface area (Å²) in [6.45, 7) is 2.01. The predicted octanol–water partition coefficient (Wildman–Crippen LogP) is 1.44. The Morgan fingerprint density at radius 2 is 1.91 bits per heavy atom. The first kappa shape index (κ1) is 28.6. The Hall–Kier alpha value is -2.66. The minimum atomic E-state index is -5.01. The van der Waals surface area contributed by atoms with Crippen LogP contribution in [-0.2, 0) is 20.8 Å². The van der Waals surface area contributed by atoms with Crippen LogP contribution in [0.15, 0.2) is 30.3 Å². The van der Waals surface area contributed by atoms with E-state index < -0.39 is 30.2 Å². The van der Waals surface area contributed by atoms with Gasteiger partial charge in [-0.15, -0.1) is 0 Å². The van der Waals surface area contributed by atoms with Crippen molar-refractivity contribution in [1.82, 2.24) is 20.4 Å². The topological polar surface area (TPSA) is 108 Å². The van der Waals surface area contributed by atoms with Crippen LogP contribution in [0, 0.1) is 0 Å². The number of carbonyl (C=O) groups excluding carboxylic acids is 3. The largest absolute Gasteiger partial charge is 0.471 e. The molecule has 0 spiro atoms. The standard InChI is InChI=1S/C24H36F3N5O3/c1-17(29-2)21(33)30-20(11-6-13-28)22(34)32-14-7-10-19(32)16-31(23(35)24(25,26)27)15-12-18-8-4-3-5-9-18/h3-5,8-9,17,19-20,29H,6-7,10-16,28H2,1-2H3,(H,30,33)/t17-,19-,20-/m0/s1. The van der Waals surface area contributed by atoms with Crippen LogP contribution in [0.25, 0.3) is 0 Å². The van der Waals surface area contributed by atoms with Crippen molar-refractivity contribution in [1.29, 1.82) is 0 Å². The van der Waals surface area contributed by atoms with Crippen molar-refractivity contribution in [3.63, 3.8) is 0 Å². The van der Waals surface area contributed by atoms with Crippen molar-refractivity contribution in [2.24, 2.45) is 5.73 Å². The number of amides is 3. The lowest BCUT2D eigenvalue weighted by Gasteiger charge is -2.33. The lowest BCUT2D eigenvalue weighted by atomic mass is 10.1. The summed E-state index contributed by atoms with van der Waals surface area (Å²) in [5.41, 5.74) is 6.41. The van der Waals surface area contributed by atoms with E-state index in [4.69, 9.17) is 5.73 Å². The van der Waals surface area contributed by atoms with E-state index in [1.54, 1.807) is 44.3 Å². The molecule has 2 rings (SSSR count). The lowest BCUT2D eigenvalue weighted by molar-refractivity contribution is -0.186. The van der Waals surface area contributed by atoms with E-state index >= 15 is 0 Å². The third-order valence-corrected chi connectivity index (χ3v) is 6.27. The molecule has 1 aromatic rings. The molecule has 1 aliphatic rings. The molecule has 1 aromatic carbocycles. The minimum Gasteiger partial charge on any atom is -0.343 e. The van der Waals surface area contributed by atoms with Crippen LogP contribution >= 0.6 is 0 Å². The number of likely N-dealkylation sites (N-methyl/N-ethyl adjacent to an activating group) is 1. The van der Waals surface area contributed by atoms with E-state index in [9.17, 15) is 27.6 Å². The maximum atomic E-state index is 13.4. The zero-order valence-electron chi connectivity index (χ0n) is 20.3. The van der Waals surface area contributed by atoms with Gasteiger partial charge in [0.2, 0.25) is 11.8 Å². The summed E-state index contributed by atoms with van der Waals surface area (Å²) in [5.74, 6) is -2.63. The smallest absolute Gasteiger partial charge is 0.343 e. The Bertz CT molecular complexity index is 837. The Labute approximate surface area is 204 Å². The summed E-state index contributed by atoms with van der Waals surface area (Å²) in [7, 11) is 1.62. The molecule has 8 nitrogen and oxygen atoms in total. The number of carbonyl (C=O) groups is 3. The molecule has 0 aliphatic carbocycles. The van der Waals surface area contributed by atoms with E-state index in [2.05, 4.69) is 10.6 Å². The van der Waals surface area contributed by atoms with E-state index in [-0.39, 0.29) is 31.3 Å². The Morgan fingerprint density at radius 3 is 2.51 bits per heavy atom. The van der Waals surface area contributed by atoms with Crippen LogP contribution in [0.4, 0.5) is 13.2 Å². The summed E-state index contributed by atoms with van der Waals surface area (Å²) in [5, 5.41) is 5.55. The quantitative estimate of drug-likeness (QED) is 0.404. The highest BCUT2D eigenvalue weighted by Crippen LogP contribution is 2.24. The maximum absolute atomic E-state index is 13.4. The molecular weight excluding hydrogens is 463 g/mol. The molecule has 0 radical (unpaired) electrons. The minimum absolute atomic E-state index is 0.117. The van der Waals surface area contributed by atoms with Gasteiger partial charge in [-0.25, -0.2) is 0 Å². The molecule has 0 unspecified atom stereocenters. The van der Waals surface area contributed by atoms with Crippen molar-refractivity contribution in [3.8, 4) is 0 Å². The molecule has 4 N–H and O–H groups in total. The van der Waals surface area contributed by atoms with E-state index in [0.29, 0.717) is 38.8 Å². The fourth-order valence-electron chi connectivity index (χ4n) is 4.14. The number of nitrogens with one attached hydrogen (secondary N) is 2. The van der Waals surface area contributed by atoms with Gasteiger partial charge in [0.25, 0.3) is 0 Å². The SMILES string of the molecule is CN[C@@H](C)C(=O)N[C@@H](CCCN)C(=O)N1CCC[C@H]1CN(CCc1ccccc1)C(=O)C(F)(F)F. The first-order valence-electron chi connectivity index (χ1n) is 12.0. The highest BCUT2D eigenvalue weighted by Gasteiger charge is 2.44. The molecule has 11 heteroatoms. The molecule has 1 heterocycles. The van der Waals surface area contributed by atoms with Gasteiger partial charge < -0.3 is 26.2 Å². The third-order valence-electron chi connectivity index (χ3n) is 6.27. The molecule has 1 aliphatic heterocycles. The van der Waals surface area contributed by atoms with E-state index in [1.165, 1.54) is 4.90 Å². The fourth-order valence-corrected chi connectivity index (χ4v) is 4.14. The maximum Gasteiger partial charge on any atom is 0.471 e. The number of rotatable bonds is 12. The summed E-state index contributed by atoms with van der Waals surface area (Å²) in [4.78, 5) is 40.2. The van der Waals surface area contributed by atoms with Crippen molar-refractivity contribution in [3.05, 3.63) is 35.9 Å². The number of hydrogen-bond donors (Lipinski definition) is 3. The van der Waals surface area contributed by atoms with Gasteiger partial charge in [0.15, 0.2) is 0 Å². The second kappa shape index (κ2) is 13.4. The molecule has 196 valence electrons. The van der Waals surface area contributed by atoms with Gasteiger partial charge >= 0.3 is 12.1 Å². The molecule has 3 amide bonds. The van der Waals surface area contributed by atoms with Gasteiger partial charge in [-0.2, -0.15) is 13.2 Å². The van der Waals surface area contributed by atoms with E-state index in [0.717, 1.165) is 10.5 Å². The van der Waals surface area contributed by atoms with Crippen LogP contribution in [0.1, 0.15) is 38.2 Å².